The van der Waals surface area contributed by atoms with Crippen LogP contribution in [0.2, 0.25) is 0 Å². The molecule has 0 amide bonds. The van der Waals surface area contributed by atoms with Crippen LogP contribution in [0.4, 0.5) is 10.1 Å². The maximum absolute atomic E-state index is 12.7. The smallest absolute Gasteiger partial charge is 0.124 e. The first-order chi connectivity index (χ1) is 7.17. The molecule has 5 heteroatoms. The SMILES string of the molecule is N#Cc1cc(F)ccc1NC[C@H](O)CO. The number of nitrogens with one attached hydrogen (secondary N) is 1. The summed E-state index contributed by atoms with van der Waals surface area (Å²) in [7, 11) is 0. The van der Waals surface area contributed by atoms with Crippen molar-refractivity contribution in [2.75, 3.05) is 18.5 Å². The molecule has 1 aromatic rings. The number of anilines is 1. The highest BCUT2D eigenvalue weighted by Crippen LogP contribution is 2.15. The van der Waals surface area contributed by atoms with Crippen molar-refractivity contribution in [3.05, 3.63) is 29.6 Å². The summed E-state index contributed by atoms with van der Waals surface area (Å²) in [5, 5.41) is 29.1. The van der Waals surface area contributed by atoms with Crippen LogP contribution in [0.5, 0.6) is 0 Å². The third kappa shape index (κ3) is 3.20. The van der Waals surface area contributed by atoms with E-state index in [1.807, 2.05) is 6.07 Å². The van der Waals surface area contributed by atoms with E-state index in [0.717, 1.165) is 6.07 Å². The van der Waals surface area contributed by atoms with E-state index in [2.05, 4.69) is 5.32 Å². The molecule has 3 N–H and O–H groups in total. The van der Waals surface area contributed by atoms with Gasteiger partial charge in [-0.2, -0.15) is 5.26 Å². The lowest BCUT2D eigenvalue weighted by molar-refractivity contribution is 0.105. The van der Waals surface area contributed by atoms with Gasteiger partial charge >= 0.3 is 0 Å². The van der Waals surface area contributed by atoms with E-state index in [0.29, 0.717) is 5.69 Å². The Labute approximate surface area is 86.6 Å². The highest BCUT2D eigenvalue weighted by molar-refractivity contribution is 5.57. The molecule has 0 heterocycles. The highest BCUT2D eigenvalue weighted by Gasteiger charge is 2.05. The minimum Gasteiger partial charge on any atom is -0.394 e. The Morgan fingerprint density at radius 1 is 1.53 bits per heavy atom. The lowest BCUT2D eigenvalue weighted by atomic mass is 10.2. The Morgan fingerprint density at radius 2 is 2.27 bits per heavy atom. The molecule has 0 aliphatic rings. The average Bonchev–Trinajstić information content (AvgIpc) is 2.26. The first kappa shape index (κ1) is 11.4. The maximum Gasteiger partial charge on any atom is 0.124 e. The molecule has 0 fully saturated rings. The largest absolute Gasteiger partial charge is 0.394 e. The Morgan fingerprint density at radius 3 is 2.87 bits per heavy atom. The molecule has 0 bridgehead atoms. The van der Waals surface area contributed by atoms with E-state index in [1.165, 1.54) is 12.1 Å². The van der Waals surface area contributed by atoms with Gasteiger partial charge in [-0.1, -0.05) is 0 Å². The van der Waals surface area contributed by atoms with E-state index in [-0.39, 0.29) is 18.7 Å². The van der Waals surface area contributed by atoms with Gasteiger partial charge in [-0.05, 0) is 18.2 Å². The van der Waals surface area contributed by atoms with Gasteiger partial charge in [-0.15, -0.1) is 0 Å². The molecule has 0 unspecified atom stereocenters. The minimum absolute atomic E-state index is 0.108. The van der Waals surface area contributed by atoms with Crippen LogP contribution in [0, 0.1) is 17.1 Å². The molecule has 0 aromatic heterocycles. The van der Waals surface area contributed by atoms with Crippen molar-refractivity contribution in [3.8, 4) is 6.07 Å². The molecule has 80 valence electrons. The first-order valence-corrected chi connectivity index (χ1v) is 4.40. The number of nitriles is 1. The van der Waals surface area contributed by atoms with Crippen LogP contribution in [0.3, 0.4) is 0 Å². The van der Waals surface area contributed by atoms with Crippen LogP contribution in [0.1, 0.15) is 5.56 Å². The summed E-state index contributed by atoms with van der Waals surface area (Å²) in [6.45, 7) is -0.257. The second-order valence-electron chi connectivity index (χ2n) is 3.02. The van der Waals surface area contributed by atoms with Gasteiger partial charge in [-0.25, -0.2) is 4.39 Å². The number of hydrogen-bond donors (Lipinski definition) is 3. The number of halogens is 1. The van der Waals surface area contributed by atoms with Gasteiger partial charge in [-0.3, -0.25) is 0 Å². The minimum atomic E-state index is -0.901. The molecule has 0 spiro atoms. The number of aliphatic hydroxyl groups excluding tert-OH is 2. The average molecular weight is 210 g/mol. The van der Waals surface area contributed by atoms with Gasteiger partial charge in [0.05, 0.1) is 24.0 Å². The molecule has 4 nitrogen and oxygen atoms in total. The standard InChI is InChI=1S/C10H11FN2O2/c11-8-1-2-10(7(3-8)4-12)13-5-9(15)6-14/h1-3,9,13-15H,5-6H2/t9-/m0/s1. The van der Waals surface area contributed by atoms with Crippen molar-refractivity contribution >= 4 is 5.69 Å². The van der Waals surface area contributed by atoms with Crippen molar-refractivity contribution in [1.82, 2.24) is 0 Å². The summed E-state index contributed by atoms with van der Waals surface area (Å²) in [4.78, 5) is 0. The van der Waals surface area contributed by atoms with Crippen LogP contribution < -0.4 is 5.32 Å². The maximum atomic E-state index is 12.7. The van der Waals surface area contributed by atoms with Crippen LogP contribution >= 0.6 is 0 Å². The molecule has 1 atom stereocenters. The summed E-state index contributed by atoms with van der Waals surface area (Å²) in [6, 6.07) is 5.57. The van der Waals surface area contributed by atoms with E-state index in [4.69, 9.17) is 15.5 Å². The Bertz CT molecular complexity index is 376. The first-order valence-electron chi connectivity index (χ1n) is 4.40. The van der Waals surface area contributed by atoms with E-state index >= 15 is 0 Å². The third-order valence-corrected chi connectivity index (χ3v) is 1.84. The van der Waals surface area contributed by atoms with Gasteiger partial charge in [0.2, 0.25) is 0 Å². The number of hydrogen-bond acceptors (Lipinski definition) is 4. The fraction of sp³-hybridized carbons (Fsp3) is 0.300. The second kappa shape index (κ2) is 5.29. The van der Waals surface area contributed by atoms with E-state index < -0.39 is 11.9 Å². The van der Waals surface area contributed by atoms with E-state index in [1.54, 1.807) is 0 Å². The van der Waals surface area contributed by atoms with Crippen molar-refractivity contribution < 1.29 is 14.6 Å². The molecular weight excluding hydrogens is 199 g/mol. The van der Waals surface area contributed by atoms with Gasteiger partial charge in [0.1, 0.15) is 11.9 Å². The van der Waals surface area contributed by atoms with Crippen molar-refractivity contribution in [1.29, 1.82) is 5.26 Å². The molecular formula is C10H11FN2O2. The topological polar surface area (TPSA) is 76.3 Å². The van der Waals surface area contributed by atoms with Gasteiger partial charge < -0.3 is 15.5 Å². The van der Waals surface area contributed by atoms with Crippen LogP contribution in [0.25, 0.3) is 0 Å². The van der Waals surface area contributed by atoms with Crippen molar-refractivity contribution in [2.24, 2.45) is 0 Å². The molecule has 0 saturated heterocycles. The normalized spacial score (nSPS) is 11.9. The van der Waals surface area contributed by atoms with Gasteiger partial charge in [0, 0.05) is 6.54 Å². The van der Waals surface area contributed by atoms with Crippen LogP contribution in [-0.2, 0) is 0 Å². The van der Waals surface area contributed by atoms with Crippen molar-refractivity contribution in [3.63, 3.8) is 0 Å². The zero-order valence-electron chi connectivity index (χ0n) is 7.94. The number of rotatable bonds is 4. The van der Waals surface area contributed by atoms with E-state index in [9.17, 15) is 4.39 Å². The molecule has 1 rings (SSSR count). The molecule has 0 saturated carbocycles. The summed E-state index contributed by atoms with van der Waals surface area (Å²) in [5.74, 6) is -0.486. The third-order valence-electron chi connectivity index (χ3n) is 1.84. The number of benzene rings is 1. The fourth-order valence-electron chi connectivity index (χ4n) is 1.06. The van der Waals surface area contributed by atoms with Gasteiger partial charge in [0.15, 0.2) is 0 Å². The molecule has 0 radical (unpaired) electrons. The fourth-order valence-corrected chi connectivity index (χ4v) is 1.06. The number of aliphatic hydroxyl groups is 2. The van der Waals surface area contributed by atoms with Crippen LogP contribution in [-0.4, -0.2) is 29.5 Å². The molecule has 0 aliphatic carbocycles. The molecule has 15 heavy (non-hydrogen) atoms. The second-order valence-corrected chi connectivity index (χ2v) is 3.02. The number of nitrogens with zero attached hydrogens (tertiary/aromatic N) is 1. The summed E-state index contributed by atoms with van der Waals surface area (Å²) >= 11 is 0. The highest BCUT2D eigenvalue weighted by atomic mass is 19.1. The van der Waals surface area contributed by atoms with Gasteiger partial charge in [0.25, 0.3) is 0 Å². The molecule has 0 aliphatic heterocycles. The summed E-state index contributed by atoms with van der Waals surface area (Å²) in [6.07, 6.45) is -0.901. The van der Waals surface area contributed by atoms with Crippen molar-refractivity contribution in [2.45, 2.75) is 6.10 Å². The summed E-state index contributed by atoms with van der Waals surface area (Å²) in [5.41, 5.74) is 0.603. The Kier molecular flexibility index (Phi) is 4.03. The Hall–Kier alpha value is -1.64. The zero-order valence-corrected chi connectivity index (χ0v) is 7.94. The summed E-state index contributed by atoms with van der Waals surface area (Å²) < 4.78 is 12.7. The van der Waals surface area contributed by atoms with Crippen LogP contribution in [0.15, 0.2) is 18.2 Å². The predicted molar refractivity (Wildman–Crippen MR) is 52.7 cm³/mol. The lowest BCUT2D eigenvalue weighted by Gasteiger charge is -2.11. The monoisotopic (exact) mass is 210 g/mol. The zero-order chi connectivity index (χ0) is 11.3. The lowest BCUT2D eigenvalue weighted by Crippen LogP contribution is -2.23. The quantitative estimate of drug-likeness (QED) is 0.675. The molecule has 1 aromatic carbocycles. The predicted octanol–water partition coefficient (Wildman–Crippen LogP) is 0.462. The Balaban J connectivity index is 2.73.